The molecule has 1 aromatic carbocycles. The summed E-state index contributed by atoms with van der Waals surface area (Å²) in [5, 5.41) is 2.69. The van der Waals surface area contributed by atoms with Gasteiger partial charge in [0.15, 0.2) is 0 Å². The summed E-state index contributed by atoms with van der Waals surface area (Å²) in [7, 11) is 0. The third-order valence-corrected chi connectivity index (χ3v) is 5.88. The van der Waals surface area contributed by atoms with E-state index in [-0.39, 0.29) is 27.9 Å². The maximum absolute atomic E-state index is 13.1. The molecule has 1 N–H and O–H groups in total. The number of benzene rings is 1. The summed E-state index contributed by atoms with van der Waals surface area (Å²) < 4.78 is 39.8. The first-order valence-corrected chi connectivity index (χ1v) is 9.93. The fraction of sp³-hybridized carbons (Fsp3) is 0.333. The molecular formula is C18H15Cl2F3N2O2S. The van der Waals surface area contributed by atoms with Gasteiger partial charge in [0.25, 0.3) is 5.91 Å². The molecule has 2 amide bonds. The van der Waals surface area contributed by atoms with Crippen LogP contribution in [0.3, 0.4) is 0 Å². The van der Waals surface area contributed by atoms with E-state index < -0.39 is 23.7 Å². The maximum atomic E-state index is 13.1. The number of nitrogens with zero attached hydrogens (tertiary/aromatic N) is 1. The van der Waals surface area contributed by atoms with Crippen molar-refractivity contribution in [2.75, 3.05) is 13.1 Å². The van der Waals surface area contributed by atoms with Crippen molar-refractivity contribution < 1.29 is 22.8 Å². The number of amides is 2. The molecule has 4 nitrogen and oxygen atoms in total. The molecule has 1 fully saturated rings. The van der Waals surface area contributed by atoms with Crippen LogP contribution in [0.15, 0.2) is 30.3 Å². The molecule has 1 aliphatic heterocycles. The van der Waals surface area contributed by atoms with Crippen LogP contribution in [0.4, 0.5) is 13.2 Å². The van der Waals surface area contributed by atoms with Gasteiger partial charge in [0.1, 0.15) is 4.34 Å². The van der Waals surface area contributed by atoms with Crippen LogP contribution >= 0.6 is 34.5 Å². The summed E-state index contributed by atoms with van der Waals surface area (Å²) in [6.45, 7) is 0.566. The summed E-state index contributed by atoms with van der Waals surface area (Å²) in [5.74, 6) is -0.662. The second kappa shape index (κ2) is 8.31. The molecule has 150 valence electrons. The highest BCUT2D eigenvalue weighted by Crippen LogP contribution is 2.33. The molecule has 0 radical (unpaired) electrons. The van der Waals surface area contributed by atoms with E-state index in [4.69, 9.17) is 23.2 Å². The number of nitrogens with one attached hydrogen (secondary N) is 1. The first kappa shape index (κ1) is 21.0. The van der Waals surface area contributed by atoms with E-state index in [0.29, 0.717) is 23.7 Å². The fourth-order valence-electron chi connectivity index (χ4n) is 3.01. The number of alkyl halides is 3. The Morgan fingerprint density at radius 2 is 2.04 bits per heavy atom. The van der Waals surface area contributed by atoms with Crippen LogP contribution in [-0.2, 0) is 11.0 Å². The van der Waals surface area contributed by atoms with Gasteiger partial charge in [0.05, 0.1) is 21.5 Å². The van der Waals surface area contributed by atoms with Gasteiger partial charge in [-0.1, -0.05) is 35.3 Å². The lowest BCUT2D eigenvalue weighted by atomic mass is 10.0. The topological polar surface area (TPSA) is 49.4 Å². The molecule has 2 aromatic rings. The quantitative estimate of drug-likeness (QED) is 0.682. The van der Waals surface area contributed by atoms with Crippen LogP contribution in [0.2, 0.25) is 8.67 Å². The smallest absolute Gasteiger partial charge is 0.343 e. The molecule has 0 saturated carbocycles. The number of hydrogen-bond donors (Lipinski definition) is 1. The van der Waals surface area contributed by atoms with Crippen LogP contribution in [-0.4, -0.2) is 29.8 Å². The van der Waals surface area contributed by atoms with Crippen molar-refractivity contribution in [3.63, 3.8) is 0 Å². The number of hydrogen-bond acceptors (Lipinski definition) is 3. The molecule has 0 bridgehead atoms. The zero-order valence-electron chi connectivity index (χ0n) is 14.4. The van der Waals surface area contributed by atoms with Crippen LogP contribution in [0.25, 0.3) is 0 Å². The Labute approximate surface area is 173 Å². The Hall–Kier alpha value is -1.77. The minimum atomic E-state index is -4.52. The van der Waals surface area contributed by atoms with E-state index in [0.717, 1.165) is 23.5 Å². The molecule has 3 rings (SSSR count). The first-order chi connectivity index (χ1) is 13.1. The van der Waals surface area contributed by atoms with Crippen molar-refractivity contribution in [1.29, 1.82) is 0 Å². The van der Waals surface area contributed by atoms with Crippen molar-refractivity contribution in [3.8, 4) is 0 Å². The summed E-state index contributed by atoms with van der Waals surface area (Å²) >= 11 is 12.9. The summed E-state index contributed by atoms with van der Waals surface area (Å²) in [6, 6.07) is 5.27. The number of carbonyl (C=O) groups excluding carboxylic acids is 2. The molecule has 1 aliphatic rings. The average molecular weight is 451 g/mol. The van der Waals surface area contributed by atoms with Gasteiger partial charge in [-0.25, -0.2) is 0 Å². The molecule has 1 saturated heterocycles. The molecule has 28 heavy (non-hydrogen) atoms. The van der Waals surface area contributed by atoms with Gasteiger partial charge < -0.3 is 10.2 Å². The normalized spacial score (nSPS) is 15.8. The van der Waals surface area contributed by atoms with Crippen LogP contribution in [0, 0.1) is 0 Å². The number of rotatable bonds is 5. The van der Waals surface area contributed by atoms with E-state index in [1.165, 1.54) is 23.1 Å². The summed E-state index contributed by atoms with van der Waals surface area (Å²) in [5.41, 5.74) is -0.435. The zero-order chi connectivity index (χ0) is 20.5. The second-order valence-electron chi connectivity index (χ2n) is 6.33. The number of thiophene rings is 1. The van der Waals surface area contributed by atoms with Gasteiger partial charge in [-0.05, 0) is 30.2 Å². The maximum Gasteiger partial charge on any atom is 0.416 e. The van der Waals surface area contributed by atoms with Gasteiger partial charge in [-0.3, -0.25) is 9.59 Å². The lowest BCUT2D eigenvalue weighted by molar-refractivity contribution is -0.137. The Morgan fingerprint density at radius 3 is 2.61 bits per heavy atom. The monoisotopic (exact) mass is 450 g/mol. The highest BCUT2D eigenvalue weighted by atomic mass is 35.5. The SMILES string of the molecule is O=C(NC(CN1CCCC1=O)c1cccc(C(F)(F)F)c1)c1cc(Cl)sc1Cl. The number of halogens is 5. The van der Waals surface area contributed by atoms with Crippen LogP contribution in [0.5, 0.6) is 0 Å². The molecular weight excluding hydrogens is 436 g/mol. The molecule has 0 aliphatic carbocycles. The molecule has 0 spiro atoms. The van der Waals surface area contributed by atoms with Gasteiger partial charge in [-0.2, -0.15) is 13.2 Å². The van der Waals surface area contributed by atoms with E-state index >= 15 is 0 Å². The minimum Gasteiger partial charge on any atom is -0.343 e. The van der Waals surface area contributed by atoms with E-state index in [9.17, 15) is 22.8 Å². The van der Waals surface area contributed by atoms with Crippen molar-refractivity contribution in [2.45, 2.75) is 25.1 Å². The average Bonchev–Trinajstić information content (AvgIpc) is 3.18. The van der Waals surface area contributed by atoms with Crippen molar-refractivity contribution >= 4 is 46.4 Å². The minimum absolute atomic E-state index is 0.0708. The molecule has 1 aromatic heterocycles. The number of carbonyl (C=O) groups is 2. The molecule has 1 unspecified atom stereocenters. The standard InChI is InChI=1S/C18H15Cl2F3N2O2S/c19-14-8-12(16(20)28-14)17(27)24-13(9-25-6-2-5-15(25)26)10-3-1-4-11(7-10)18(21,22)23/h1,3-4,7-8,13H,2,5-6,9H2,(H,24,27). The van der Waals surface area contributed by atoms with Gasteiger partial charge in [-0.15, -0.1) is 11.3 Å². The summed E-state index contributed by atoms with van der Waals surface area (Å²) in [4.78, 5) is 26.1. The largest absolute Gasteiger partial charge is 0.416 e. The van der Waals surface area contributed by atoms with Crippen molar-refractivity contribution in [2.24, 2.45) is 0 Å². The Morgan fingerprint density at radius 1 is 1.29 bits per heavy atom. The summed E-state index contributed by atoms with van der Waals surface area (Å²) in [6.07, 6.45) is -3.46. The predicted molar refractivity (Wildman–Crippen MR) is 102 cm³/mol. The van der Waals surface area contributed by atoms with Gasteiger partial charge in [0.2, 0.25) is 5.91 Å². The van der Waals surface area contributed by atoms with Crippen LogP contribution < -0.4 is 5.32 Å². The Bertz CT molecular complexity index is 901. The van der Waals surface area contributed by atoms with E-state index in [1.807, 2.05) is 0 Å². The third kappa shape index (κ3) is 4.79. The van der Waals surface area contributed by atoms with E-state index in [2.05, 4.69) is 5.32 Å². The molecule has 1 atom stereocenters. The second-order valence-corrected chi connectivity index (χ2v) is 8.62. The van der Waals surface area contributed by atoms with Crippen LogP contribution in [0.1, 0.15) is 40.4 Å². The number of likely N-dealkylation sites (tertiary alicyclic amines) is 1. The first-order valence-electron chi connectivity index (χ1n) is 8.36. The van der Waals surface area contributed by atoms with Gasteiger partial charge in [0, 0.05) is 19.5 Å². The highest BCUT2D eigenvalue weighted by molar-refractivity contribution is 7.20. The zero-order valence-corrected chi connectivity index (χ0v) is 16.7. The highest BCUT2D eigenvalue weighted by Gasteiger charge is 2.32. The van der Waals surface area contributed by atoms with E-state index in [1.54, 1.807) is 0 Å². The third-order valence-electron chi connectivity index (χ3n) is 4.40. The van der Waals surface area contributed by atoms with Gasteiger partial charge >= 0.3 is 6.18 Å². The fourth-order valence-corrected chi connectivity index (χ4v) is 4.47. The predicted octanol–water partition coefficient (Wildman–Crippen LogP) is 5.17. The molecule has 10 heteroatoms. The van der Waals surface area contributed by atoms with Crippen molar-refractivity contribution in [3.05, 3.63) is 55.7 Å². The Balaban J connectivity index is 1.90. The molecule has 2 heterocycles. The Kier molecular flexibility index (Phi) is 6.21. The lowest BCUT2D eigenvalue weighted by Gasteiger charge is -2.25. The lowest BCUT2D eigenvalue weighted by Crippen LogP contribution is -2.38. The van der Waals surface area contributed by atoms with Crippen molar-refractivity contribution in [1.82, 2.24) is 10.2 Å².